The van der Waals surface area contributed by atoms with E-state index in [0.29, 0.717) is 50.6 Å². The molecule has 0 radical (unpaired) electrons. The average Bonchev–Trinajstić information content (AvgIpc) is 2.92. The van der Waals surface area contributed by atoms with Gasteiger partial charge in [-0.2, -0.15) is 0 Å². The van der Waals surface area contributed by atoms with Gasteiger partial charge < -0.3 is 30.1 Å². The maximum Gasteiger partial charge on any atom is 0.321 e. The Labute approximate surface area is 164 Å². The van der Waals surface area contributed by atoms with E-state index in [1.165, 1.54) is 4.90 Å². The van der Waals surface area contributed by atoms with Crippen molar-refractivity contribution >= 4 is 23.7 Å². The van der Waals surface area contributed by atoms with Crippen LogP contribution in [-0.4, -0.2) is 86.6 Å². The van der Waals surface area contributed by atoms with E-state index in [2.05, 4.69) is 10.6 Å². The molecular weight excluding hydrogens is 362 g/mol. The summed E-state index contributed by atoms with van der Waals surface area (Å²) in [5, 5.41) is 5.74. The van der Waals surface area contributed by atoms with Crippen LogP contribution in [0.3, 0.4) is 0 Å². The van der Waals surface area contributed by atoms with Crippen LogP contribution in [0.1, 0.15) is 6.42 Å². The Kier molecular flexibility index (Phi) is 5.62. The van der Waals surface area contributed by atoms with Crippen LogP contribution in [0.5, 0.6) is 5.75 Å². The van der Waals surface area contributed by atoms with Gasteiger partial charge in [-0.25, -0.2) is 9.59 Å². The lowest BCUT2D eigenvalue weighted by Gasteiger charge is -2.33. The molecule has 0 saturated carbocycles. The third-order valence-corrected chi connectivity index (χ3v) is 5.15. The maximum atomic E-state index is 12.9. The van der Waals surface area contributed by atoms with Gasteiger partial charge in [-0.05, 0) is 12.1 Å². The second-order valence-corrected chi connectivity index (χ2v) is 7.64. The fraction of sp³-hybridized carbons (Fsp3) is 0.526. The van der Waals surface area contributed by atoms with E-state index in [9.17, 15) is 14.4 Å². The molecule has 0 aliphatic carbocycles. The van der Waals surface area contributed by atoms with Gasteiger partial charge in [0.1, 0.15) is 5.75 Å². The van der Waals surface area contributed by atoms with Crippen molar-refractivity contribution in [3.8, 4) is 5.75 Å². The molecule has 2 heterocycles. The molecule has 1 aromatic carbocycles. The minimum Gasteiger partial charge on any atom is -0.497 e. The van der Waals surface area contributed by atoms with Gasteiger partial charge in [0.05, 0.1) is 7.11 Å². The van der Waals surface area contributed by atoms with Crippen LogP contribution >= 0.6 is 0 Å². The number of hydrogen-bond donors (Lipinski definition) is 2. The fourth-order valence-electron chi connectivity index (χ4n) is 3.76. The third kappa shape index (κ3) is 4.29. The first-order valence-electron chi connectivity index (χ1n) is 9.25. The van der Waals surface area contributed by atoms with Gasteiger partial charge in [0, 0.05) is 70.4 Å². The summed E-state index contributed by atoms with van der Waals surface area (Å²) in [4.78, 5) is 42.3. The Morgan fingerprint density at radius 3 is 2.57 bits per heavy atom. The zero-order valence-electron chi connectivity index (χ0n) is 16.5. The summed E-state index contributed by atoms with van der Waals surface area (Å²) < 4.78 is 5.19. The molecule has 2 N–H and O–H groups in total. The highest BCUT2D eigenvalue weighted by molar-refractivity contribution is 5.90. The van der Waals surface area contributed by atoms with Crippen molar-refractivity contribution in [3.05, 3.63) is 24.3 Å². The maximum absolute atomic E-state index is 12.9. The van der Waals surface area contributed by atoms with Crippen molar-refractivity contribution in [2.24, 2.45) is 5.41 Å². The summed E-state index contributed by atoms with van der Waals surface area (Å²) in [6.07, 6.45) is 0.299. The topological polar surface area (TPSA) is 94.2 Å². The molecule has 2 aliphatic rings. The molecule has 2 aliphatic heterocycles. The van der Waals surface area contributed by atoms with Crippen molar-refractivity contribution in [1.29, 1.82) is 0 Å². The average molecular weight is 389 g/mol. The number of amides is 5. The minimum atomic E-state index is -0.481. The molecule has 9 heteroatoms. The number of methoxy groups -OCH3 is 1. The van der Waals surface area contributed by atoms with Crippen molar-refractivity contribution in [3.63, 3.8) is 0 Å². The lowest BCUT2D eigenvalue weighted by atomic mass is 9.86. The first-order valence-corrected chi connectivity index (χ1v) is 9.25. The molecular formula is C19H27N5O4. The molecule has 152 valence electrons. The molecule has 5 amide bonds. The second-order valence-electron chi connectivity index (χ2n) is 7.64. The van der Waals surface area contributed by atoms with Crippen LogP contribution in [0.15, 0.2) is 24.3 Å². The summed E-state index contributed by atoms with van der Waals surface area (Å²) in [5.74, 6) is 0.603. The highest BCUT2D eigenvalue weighted by Crippen LogP contribution is 2.31. The van der Waals surface area contributed by atoms with Crippen LogP contribution < -0.4 is 15.4 Å². The minimum absolute atomic E-state index is 0.0488. The number of rotatable bonds is 2. The quantitative estimate of drug-likeness (QED) is 0.790. The zero-order chi connectivity index (χ0) is 20.3. The van der Waals surface area contributed by atoms with Crippen LogP contribution in [0.2, 0.25) is 0 Å². The Morgan fingerprint density at radius 1 is 1.21 bits per heavy atom. The van der Waals surface area contributed by atoms with Gasteiger partial charge in [0.15, 0.2) is 0 Å². The number of benzene rings is 1. The number of hydrogen-bond acceptors (Lipinski definition) is 4. The molecule has 1 spiro atoms. The SMILES string of the molecule is COc1cccc(NC(=O)N2CCN(C(=O)N(C)C)CC3(CNC(=O)C3)C2)c1. The van der Waals surface area contributed by atoms with Crippen molar-refractivity contribution in [1.82, 2.24) is 20.0 Å². The molecule has 28 heavy (non-hydrogen) atoms. The van der Waals surface area contributed by atoms with Crippen LogP contribution in [0.25, 0.3) is 0 Å². The highest BCUT2D eigenvalue weighted by atomic mass is 16.5. The lowest BCUT2D eigenvalue weighted by Crippen LogP contribution is -2.47. The van der Waals surface area contributed by atoms with Gasteiger partial charge in [0.25, 0.3) is 0 Å². The summed E-state index contributed by atoms with van der Waals surface area (Å²) in [6, 6.07) is 6.76. The molecule has 2 saturated heterocycles. The smallest absolute Gasteiger partial charge is 0.321 e. The number of ether oxygens (including phenoxy) is 1. The molecule has 2 fully saturated rings. The Hall–Kier alpha value is -2.97. The number of nitrogens with one attached hydrogen (secondary N) is 2. The van der Waals surface area contributed by atoms with Crippen LogP contribution in [-0.2, 0) is 4.79 Å². The number of carbonyl (C=O) groups is 3. The van der Waals surface area contributed by atoms with E-state index in [4.69, 9.17) is 4.74 Å². The monoisotopic (exact) mass is 389 g/mol. The van der Waals surface area contributed by atoms with E-state index >= 15 is 0 Å². The van der Waals surface area contributed by atoms with Gasteiger partial charge >= 0.3 is 12.1 Å². The third-order valence-electron chi connectivity index (χ3n) is 5.15. The summed E-state index contributed by atoms with van der Waals surface area (Å²) >= 11 is 0. The molecule has 1 atom stereocenters. The molecule has 9 nitrogen and oxygen atoms in total. The van der Waals surface area contributed by atoms with E-state index in [0.717, 1.165) is 0 Å². The molecule has 0 bridgehead atoms. The van der Waals surface area contributed by atoms with Crippen molar-refractivity contribution in [2.45, 2.75) is 6.42 Å². The standard InChI is InChI=1S/C19H27N5O4/c1-22(2)18(27)24-8-7-23(12-19(13-24)10-16(25)20-11-19)17(26)21-14-5-4-6-15(9-14)28-3/h4-6,9H,7-8,10-13H2,1-3H3,(H,20,25)(H,21,26). The number of nitrogens with zero attached hydrogens (tertiary/aromatic N) is 3. The van der Waals surface area contributed by atoms with E-state index in [1.807, 2.05) is 0 Å². The van der Waals surface area contributed by atoms with Gasteiger partial charge in [-0.15, -0.1) is 0 Å². The number of urea groups is 2. The molecule has 1 unspecified atom stereocenters. The van der Waals surface area contributed by atoms with Gasteiger partial charge in [-0.3, -0.25) is 4.79 Å². The molecule has 0 aromatic heterocycles. The normalized spacial score (nSPS) is 21.9. The van der Waals surface area contributed by atoms with Crippen LogP contribution in [0, 0.1) is 5.41 Å². The van der Waals surface area contributed by atoms with Crippen LogP contribution in [0.4, 0.5) is 15.3 Å². The van der Waals surface area contributed by atoms with E-state index < -0.39 is 5.41 Å². The first-order chi connectivity index (χ1) is 13.3. The summed E-state index contributed by atoms with van der Waals surface area (Å²) in [6.45, 7) is 2.10. The number of anilines is 1. The molecule has 3 rings (SSSR count). The van der Waals surface area contributed by atoms with E-state index in [-0.39, 0.29) is 18.0 Å². The van der Waals surface area contributed by atoms with Gasteiger partial charge in [-0.1, -0.05) is 6.07 Å². The van der Waals surface area contributed by atoms with Crippen molar-refractivity contribution < 1.29 is 19.1 Å². The second kappa shape index (κ2) is 7.95. The predicted molar refractivity (Wildman–Crippen MR) is 104 cm³/mol. The Balaban J connectivity index is 1.78. The summed E-state index contributed by atoms with van der Waals surface area (Å²) in [7, 11) is 4.97. The Bertz CT molecular complexity index is 768. The first kappa shape index (κ1) is 19.8. The lowest BCUT2D eigenvalue weighted by molar-refractivity contribution is -0.119. The highest BCUT2D eigenvalue weighted by Gasteiger charge is 2.45. The zero-order valence-corrected chi connectivity index (χ0v) is 16.5. The molecule has 1 aromatic rings. The predicted octanol–water partition coefficient (Wildman–Crippen LogP) is 1.03. The van der Waals surface area contributed by atoms with Crippen molar-refractivity contribution in [2.75, 3.05) is 59.2 Å². The summed E-state index contributed by atoms with van der Waals surface area (Å²) in [5.41, 5.74) is 0.148. The van der Waals surface area contributed by atoms with Gasteiger partial charge in [0.2, 0.25) is 5.91 Å². The largest absolute Gasteiger partial charge is 0.497 e. The Morgan fingerprint density at radius 2 is 1.93 bits per heavy atom. The fourth-order valence-corrected chi connectivity index (χ4v) is 3.76. The number of carbonyl (C=O) groups excluding carboxylic acids is 3. The van der Waals surface area contributed by atoms with E-state index in [1.54, 1.807) is 55.3 Å².